The van der Waals surface area contributed by atoms with E-state index in [9.17, 15) is 13.6 Å². The number of nitrogens with zero attached hydrogens (tertiary/aromatic N) is 3. The third-order valence-corrected chi connectivity index (χ3v) is 3.94. The van der Waals surface area contributed by atoms with Gasteiger partial charge in [0.15, 0.2) is 0 Å². The minimum absolute atomic E-state index is 0.134. The molecule has 1 fully saturated rings. The van der Waals surface area contributed by atoms with E-state index in [1.807, 2.05) is 4.90 Å². The summed E-state index contributed by atoms with van der Waals surface area (Å²) in [6, 6.07) is 8.87. The summed E-state index contributed by atoms with van der Waals surface area (Å²) in [7, 11) is 0. The van der Waals surface area contributed by atoms with Crippen molar-refractivity contribution >= 4 is 17.3 Å². The van der Waals surface area contributed by atoms with Crippen molar-refractivity contribution in [2.75, 3.05) is 42.9 Å². The summed E-state index contributed by atoms with van der Waals surface area (Å²) in [4.78, 5) is 19.7. The van der Waals surface area contributed by atoms with E-state index in [0.29, 0.717) is 31.9 Å². The molecule has 0 atom stereocenters. The Hall–Kier alpha value is -2.54. The SMILES string of the molecule is O=C(CN1CCN(c2ccnc(F)c2)CC1)Nc1ccc(F)cc1. The molecule has 1 N–H and O–H groups in total. The second-order valence-electron chi connectivity index (χ2n) is 5.66. The summed E-state index contributed by atoms with van der Waals surface area (Å²) < 4.78 is 26.0. The predicted octanol–water partition coefficient (Wildman–Crippen LogP) is 2.12. The van der Waals surface area contributed by atoms with Gasteiger partial charge >= 0.3 is 0 Å². The van der Waals surface area contributed by atoms with Gasteiger partial charge in [-0.3, -0.25) is 9.69 Å². The van der Waals surface area contributed by atoms with E-state index in [1.54, 1.807) is 6.07 Å². The number of aromatic nitrogens is 1. The van der Waals surface area contributed by atoms with Crippen LogP contribution in [0, 0.1) is 11.8 Å². The van der Waals surface area contributed by atoms with Gasteiger partial charge in [-0.2, -0.15) is 4.39 Å². The van der Waals surface area contributed by atoms with Crippen LogP contribution in [-0.4, -0.2) is 48.5 Å². The number of amides is 1. The second kappa shape index (κ2) is 7.35. The molecule has 0 radical (unpaired) electrons. The van der Waals surface area contributed by atoms with Gasteiger partial charge < -0.3 is 10.2 Å². The Kier molecular flexibility index (Phi) is 5.00. The van der Waals surface area contributed by atoms with E-state index in [2.05, 4.69) is 15.2 Å². The fraction of sp³-hybridized carbons (Fsp3) is 0.294. The van der Waals surface area contributed by atoms with Gasteiger partial charge in [0.05, 0.1) is 6.54 Å². The van der Waals surface area contributed by atoms with Gasteiger partial charge in [0.25, 0.3) is 0 Å². The van der Waals surface area contributed by atoms with E-state index in [1.165, 1.54) is 36.5 Å². The highest BCUT2D eigenvalue weighted by atomic mass is 19.1. The zero-order valence-corrected chi connectivity index (χ0v) is 13.1. The topological polar surface area (TPSA) is 48.5 Å². The van der Waals surface area contributed by atoms with Crippen LogP contribution in [0.4, 0.5) is 20.2 Å². The monoisotopic (exact) mass is 332 g/mol. The van der Waals surface area contributed by atoms with Gasteiger partial charge in [0, 0.05) is 49.8 Å². The molecule has 24 heavy (non-hydrogen) atoms. The highest BCUT2D eigenvalue weighted by Gasteiger charge is 2.19. The Bertz CT molecular complexity index is 700. The van der Waals surface area contributed by atoms with Crippen LogP contribution < -0.4 is 10.2 Å². The molecule has 1 aliphatic heterocycles. The summed E-state index contributed by atoms with van der Waals surface area (Å²) in [5, 5.41) is 2.75. The zero-order chi connectivity index (χ0) is 16.9. The maximum atomic E-state index is 13.2. The first-order valence-corrected chi connectivity index (χ1v) is 7.74. The molecule has 5 nitrogen and oxygen atoms in total. The molecule has 0 bridgehead atoms. The zero-order valence-electron chi connectivity index (χ0n) is 13.1. The molecule has 0 spiro atoms. The fourth-order valence-corrected chi connectivity index (χ4v) is 2.69. The predicted molar refractivity (Wildman–Crippen MR) is 87.9 cm³/mol. The second-order valence-corrected chi connectivity index (χ2v) is 5.66. The molecule has 1 amide bonds. The Labute approximate surface area is 138 Å². The van der Waals surface area contributed by atoms with Gasteiger partial charge in [-0.15, -0.1) is 0 Å². The van der Waals surface area contributed by atoms with E-state index < -0.39 is 5.95 Å². The molecule has 2 aromatic rings. The van der Waals surface area contributed by atoms with Gasteiger partial charge in [-0.1, -0.05) is 0 Å². The number of carbonyl (C=O) groups is 1. The molecule has 0 unspecified atom stereocenters. The van der Waals surface area contributed by atoms with Crippen LogP contribution in [0.5, 0.6) is 0 Å². The molecule has 1 saturated heterocycles. The average molecular weight is 332 g/mol. The number of hydrogen-bond acceptors (Lipinski definition) is 4. The van der Waals surface area contributed by atoms with Crippen LogP contribution in [0.15, 0.2) is 42.6 Å². The Morgan fingerprint density at radius 2 is 1.79 bits per heavy atom. The Balaban J connectivity index is 1.48. The lowest BCUT2D eigenvalue weighted by atomic mass is 10.2. The third kappa shape index (κ3) is 4.26. The van der Waals surface area contributed by atoms with Crippen LogP contribution in [0.3, 0.4) is 0 Å². The lowest BCUT2D eigenvalue weighted by Gasteiger charge is -2.35. The van der Waals surface area contributed by atoms with Crippen molar-refractivity contribution < 1.29 is 13.6 Å². The lowest BCUT2D eigenvalue weighted by Crippen LogP contribution is -2.48. The number of nitrogens with one attached hydrogen (secondary N) is 1. The highest BCUT2D eigenvalue weighted by Crippen LogP contribution is 2.16. The summed E-state index contributed by atoms with van der Waals surface area (Å²) in [6.07, 6.45) is 1.45. The quantitative estimate of drug-likeness (QED) is 0.872. The number of halogens is 2. The lowest BCUT2D eigenvalue weighted by molar-refractivity contribution is -0.117. The number of rotatable bonds is 4. The first-order valence-electron chi connectivity index (χ1n) is 7.74. The van der Waals surface area contributed by atoms with Crippen molar-refractivity contribution in [3.05, 3.63) is 54.4 Å². The molecule has 2 heterocycles. The van der Waals surface area contributed by atoms with Gasteiger partial charge in [0.2, 0.25) is 11.9 Å². The summed E-state index contributed by atoms with van der Waals surface area (Å²) >= 11 is 0. The Morgan fingerprint density at radius 1 is 1.08 bits per heavy atom. The smallest absolute Gasteiger partial charge is 0.238 e. The standard InChI is InChI=1S/C17H18F2N4O/c18-13-1-3-14(4-2-13)21-17(24)12-22-7-9-23(10-8-22)15-5-6-20-16(19)11-15/h1-6,11H,7-10,12H2,(H,21,24). The molecule has 0 aliphatic carbocycles. The summed E-state index contributed by atoms with van der Waals surface area (Å²) in [6.45, 7) is 3.12. The van der Waals surface area contributed by atoms with Crippen LogP contribution >= 0.6 is 0 Å². The molecule has 126 valence electrons. The maximum Gasteiger partial charge on any atom is 0.238 e. The first kappa shape index (κ1) is 16.3. The van der Waals surface area contributed by atoms with Gasteiger partial charge in [0.1, 0.15) is 5.82 Å². The molecular weight excluding hydrogens is 314 g/mol. The number of hydrogen-bond donors (Lipinski definition) is 1. The fourth-order valence-electron chi connectivity index (χ4n) is 2.69. The summed E-state index contributed by atoms with van der Waals surface area (Å²) in [5.74, 6) is -0.963. The average Bonchev–Trinajstić information content (AvgIpc) is 2.58. The van der Waals surface area contributed by atoms with Crippen molar-refractivity contribution in [1.82, 2.24) is 9.88 Å². The van der Waals surface area contributed by atoms with E-state index in [-0.39, 0.29) is 18.3 Å². The van der Waals surface area contributed by atoms with Crippen LogP contribution in [0.1, 0.15) is 0 Å². The number of benzene rings is 1. The largest absolute Gasteiger partial charge is 0.369 e. The van der Waals surface area contributed by atoms with Crippen LogP contribution in [0.2, 0.25) is 0 Å². The van der Waals surface area contributed by atoms with E-state index in [0.717, 1.165) is 5.69 Å². The Morgan fingerprint density at radius 3 is 2.46 bits per heavy atom. The number of anilines is 2. The van der Waals surface area contributed by atoms with Crippen molar-refractivity contribution in [1.29, 1.82) is 0 Å². The molecule has 7 heteroatoms. The molecule has 0 saturated carbocycles. The molecule has 1 aliphatic rings. The molecular formula is C17H18F2N4O. The van der Waals surface area contributed by atoms with Crippen molar-refractivity contribution in [2.24, 2.45) is 0 Å². The molecule has 3 rings (SSSR count). The van der Waals surface area contributed by atoms with Crippen LogP contribution in [-0.2, 0) is 4.79 Å². The van der Waals surface area contributed by atoms with Crippen molar-refractivity contribution in [3.63, 3.8) is 0 Å². The first-order chi connectivity index (χ1) is 11.6. The van der Waals surface area contributed by atoms with E-state index >= 15 is 0 Å². The number of carbonyl (C=O) groups excluding carboxylic acids is 1. The summed E-state index contributed by atoms with van der Waals surface area (Å²) in [5.41, 5.74) is 1.38. The maximum absolute atomic E-state index is 13.2. The normalized spacial score (nSPS) is 15.3. The third-order valence-electron chi connectivity index (χ3n) is 3.94. The van der Waals surface area contributed by atoms with Crippen LogP contribution in [0.25, 0.3) is 0 Å². The number of pyridine rings is 1. The minimum Gasteiger partial charge on any atom is -0.369 e. The number of piperazine rings is 1. The highest BCUT2D eigenvalue weighted by molar-refractivity contribution is 5.92. The van der Waals surface area contributed by atoms with Gasteiger partial charge in [-0.25, -0.2) is 9.37 Å². The molecule has 1 aromatic carbocycles. The van der Waals surface area contributed by atoms with Gasteiger partial charge in [-0.05, 0) is 30.3 Å². The van der Waals surface area contributed by atoms with E-state index in [4.69, 9.17) is 0 Å². The van der Waals surface area contributed by atoms with Crippen molar-refractivity contribution in [2.45, 2.75) is 0 Å². The van der Waals surface area contributed by atoms with Crippen molar-refractivity contribution in [3.8, 4) is 0 Å². The molecule has 1 aromatic heterocycles. The minimum atomic E-state index is -0.492.